The summed E-state index contributed by atoms with van der Waals surface area (Å²) in [6.45, 7) is 5.41. The number of aryl methyl sites for hydroxylation is 1. The molecule has 1 heterocycles. The zero-order valence-corrected chi connectivity index (χ0v) is 10.1. The Bertz CT molecular complexity index is 362. The van der Waals surface area contributed by atoms with Crippen molar-refractivity contribution in [1.29, 1.82) is 0 Å². The highest BCUT2D eigenvalue weighted by Gasteiger charge is 2.21. The molecule has 1 nitrogen and oxygen atoms in total. The maximum absolute atomic E-state index is 13.0. The summed E-state index contributed by atoms with van der Waals surface area (Å²) >= 11 is 0. The molecule has 1 saturated heterocycles. The lowest BCUT2D eigenvalue weighted by Gasteiger charge is -2.30. The molecule has 1 aromatic carbocycles. The molecule has 16 heavy (non-hydrogen) atoms. The molecular weight excluding hydrogens is 201 g/mol. The third-order valence-electron chi connectivity index (χ3n) is 3.67. The summed E-state index contributed by atoms with van der Waals surface area (Å²) in [7, 11) is 0. The summed E-state index contributed by atoms with van der Waals surface area (Å²) in [4.78, 5) is 0. The number of halogens is 1. The second-order valence-corrected chi connectivity index (χ2v) is 4.96. The first-order valence-electron chi connectivity index (χ1n) is 6.15. The Balaban J connectivity index is 2.07. The van der Waals surface area contributed by atoms with Gasteiger partial charge in [0.1, 0.15) is 5.82 Å². The van der Waals surface area contributed by atoms with Crippen LogP contribution in [-0.2, 0) is 6.42 Å². The minimum Gasteiger partial charge on any atom is -0.313 e. The minimum atomic E-state index is -0.133. The third-order valence-corrected chi connectivity index (χ3v) is 3.67. The first-order valence-corrected chi connectivity index (χ1v) is 6.15. The number of hydrogen-bond donors (Lipinski definition) is 1. The van der Waals surface area contributed by atoms with Gasteiger partial charge in [-0.1, -0.05) is 13.0 Å². The molecule has 2 rings (SSSR count). The van der Waals surface area contributed by atoms with Gasteiger partial charge in [-0.3, -0.25) is 0 Å². The lowest BCUT2D eigenvalue weighted by atomic mass is 9.87. The van der Waals surface area contributed by atoms with Crippen LogP contribution in [0.1, 0.15) is 30.9 Å². The second-order valence-electron chi connectivity index (χ2n) is 4.96. The molecule has 1 aromatic rings. The Labute approximate surface area is 97.1 Å². The molecule has 0 aromatic heterocycles. The molecule has 2 heteroatoms. The molecule has 2 atom stereocenters. The normalized spacial score (nSPS) is 25.7. The Morgan fingerprint density at radius 1 is 1.44 bits per heavy atom. The van der Waals surface area contributed by atoms with Gasteiger partial charge in [0.05, 0.1) is 0 Å². The van der Waals surface area contributed by atoms with Gasteiger partial charge in [-0.25, -0.2) is 4.39 Å². The van der Waals surface area contributed by atoms with Gasteiger partial charge in [-0.05, 0) is 61.9 Å². The van der Waals surface area contributed by atoms with Crippen LogP contribution in [0.3, 0.4) is 0 Å². The fourth-order valence-electron chi connectivity index (χ4n) is 2.51. The standard InChI is InChI=1S/C14H20FN/c1-10-4-3-7-16-14(10)9-12-5-6-13(15)8-11(12)2/h5-6,8,10,14,16H,3-4,7,9H2,1-2H3. The fourth-order valence-corrected chi connectivity index (χ4v) is 2.51. The second kappa shape index (κ2) is 4.96. The van der Waals surface area contributed by atoms with Crippen molar-refractivity contribution in [2.45, 2.75) is 39.2 Å². The SMILES string of the molecule is Cc1cc(F)ccc1CC1NCCCC1C. The van der Waals surface area contributed by atoms with Crippen LogP contribution in [0.15, 0.2) is 18.2 Å². The van der Waals surface area contributed by atoms with E-state index in [4.69, 9.17) is 0 Å². The van der Waals surface area contributed by atoms with E-state index in [1.807, 2.05) is 13.0 Å². The van der Waals surface area contributed by atoms with Crippen LogP contribution in [0.25, 0.3) is 0 Å². The first kappa shape index (κ1) is 11.6. The Hall–Kier alpha value is -0.890. The van der Waals surface area contributed by atoms with Crippen LogP contribution in [-0.4, -0.2) is 12.6 Å². The maximum Gasteiger partial charge on any atom is 0.123 e. The molecule has 1 fully saturated rings. The highest BCUT2D eigenvalue weighted by Crippen LogP contribution is 2.21. The molecule has 0 saturated carbocycles. The molecule has 0 radical (unpaired) electrons. The zero-order chi connectivity index (χ0) is 11.5. The lowest BCUT2D eigenvalue weighted by Crippen LogP contribution is -2.41. The largest absolute Gasteiger partial charge is 0.313 e. The average Bonchev–Trinajstić information content (AvgIpc) is 2.25. The Morgan fingerprint density at radius 2 is 2.25 bits per heavy atom. The molecule has 0 amide bonds. The van der Waals surface area contributed by atoms with E-state index in [0.717, 1.165) is 24.4 Å². The van der Waals surface area contributed by atoms with Crippen molar-refractivity contribution in [3.05, 3.63) is 35.1 Å². The summed E-state index contributed by atoms with van der Waals surface area (Å²) in [5.74, 6) is 0.587. The van der Waals surface area contributed by atoms with E-state index in [1.54, 1.807) is 12.1 Å². The van der Waals surface area contributed by atoms with Crippen LogP contribution < -0.4 is 5.32 Å². The van der Waals surface area contributed by atoms with Crippen LogP contribution >= 0.6 is 0 Å². The number of hydrogen-bond acceptors (Lipinski definition) is 1. The topological polar surface area (TPSA) is 12.0 Å². The average molecular weight is 221 g/mol. The van der Waals surface area contributed by atoms with Crippen LogP contribution in [0, 0.1) is 18.7 Å². The van der Waals surface area contributed by atoms with E-state index in [2.05, 4.69) is 12.2 Å². The molecule has 0 spiro atoms. The van der Waals surface area contributed by atoms with Crippen molar-refractivity contribution in [1.82, 2.24) is 5.32 Å². The van der Waals surface area contributed by atoms with Crippen LogP contribution in [0.5, 0.6) is 0 Å². The van der Waals surface area contributed by atoms with E-state index >= 15 is 0 Å². The van der Waals surface area contributed by atoms with Crippen molar-refractivity contribution in [2.75, 3.05) is 6.54 Å². The predicted octanol–water partition coefficient (Wildman–Crippen LogP) is 3.06. The molecule has 1 aliphatic heterocycles. The maximum atomic E-state index is 13.0. The monoisotopic (exact) mass is 221 g/mol. The number of nitrogens with one attached hydrogen (secondary N) is 1. The summed E-state index contributed by atoms with van der Waals surface area (Å²) in [5.41, 5.74) is 2.34. The van der Waals surface area contributed by atoms with E-state index in [-0.39, 0.29) is 5.82 Å². The first-order chi connectivity index (χ1) is 7.66. The van der Waals surface area contributed by atoms with Gasteiger partial charge < -0.3 is 5.32 Å². The van der Waals surface area contributed by atoms with E-state index in [9.17, 15) is 4.39 Å². The molecular formula is C14H20FN. The highest BCUT2D eigenvalue weighted by atomic mass is 19.1. The van der Waals surface area contributed by atoms with Gasteiger partial charge in [-0.15, -0.1) is 0 Å². The minimum absolute atomic E-state index is 0.133. The molecule has 1 N–H and O–H groups in total. The Kier molecular flexibility index (Phi) is 3.59. The van der Waals surface area contributed by atoms with Gasteiger partial charge in [0.15, 0.2) is 0 Å². The number of piperidine rings is 1. The van der Waals surface area contributed by atoms with E-state index in [0.29, 0.717) is 6.04 Å². The van der Waals surface area contributed by atoms with Crippen molar-refractivity contribution in [3.63, 3.8) is 0 Å². The lowest BCUT2D eigenvalue weighted by molar-refractivity contribution is 0.298. The summed E-state index contributed by atoms with van der Waals surface area (Å²) < 4.78 is 13.0. The summed E-state index contributed by atoms with van der Waals surface area (Å²) in [6, 6.07) is 5.67. The fraction of sp³-hybridized carbons (Fsp3) is 0.571. The van der Waals surface area contributed by atoms with E-state index < -0.39 is 0 Å². The van der Waals surface area contributed by atoms with Crippen molar-refractivity contribution < 1.29 is 4.39 Å². The molecule has 2 unspecified atom stereocenters. The predicted molar refractivity (Wildman–Crippen MR) is 65.0 cm³/mol. The molecule has 0 aliphatic carbocycles. The third kappa shape index (κ3) is 2.62. The molecule has 0 bridgehead atoms. The van der Waals surface area contributed by atoms with Gasteiger partial charge >= 0.3 is 0 Å². The van der Waals surface area contributed by atoms with Crippen molar-refractivity contribution >= 4 is 0 Å². The van der Waals surface area contributed by atoms with Gasteiger partial charge in [0, 0.05) is 6.04 Å². The Morgan fingerprint density at radius 3 is 2.94 bits per heavy atom. The van der Waals surface area contributed by atoms with Gasteiger partial charge in [0.25, 0.3) is 0 Å². The van der Waals surface area contributed by atoms with E-state index in [1.165, 1.54) is 18.4 Å². The summed E-state index contributed by atoms with van der Waals surface area (Å²) in [6.07, 6.45) is 3.60. The number of rotatable bonds is 2. The van der Waals surface area contributed by atoms with Crippen LogP contribution in [0.2, 0.25) is 0 Å². The van der Waals surface area contributed by atoms with Gasteiger partial charge in [0.2, 0.25) is 0 Å². The highest BCUT2D eigenvalue weighted by molar-refractivity contribution is 5.27. The number of benzene rings is 1. The summed E-state index contributed by atoms with van der Waals surface area (Å²) in [5, 5.41) is 3.57. The molecule has 1 aliphatic rings. The van der Waals surface area contributed by atoms with Crippen molar-refractivity contribution in [2.24, 2.45) is 5.92 Å². The molecule has 88 valence electrons. The smallest absolute Gasteiger partial charge is 0.123 e. The quantitative estimate of drug-likeness (QED) is 0.809. The van der Waals surface area contributed by atoms with Gasteiger partial charge in [-0.2, -0.15) is 0 Å². The zero-order valence-electron chi connectivity index (χ0n) is 10.1. The van der Waals surface area contributed by atoms with Crippen molar-refractivity contribution in [3.8, 4) is 0 Å². The van der Waals surface area contributed by atoms with Crippen LogP contribution in [0.4, 0.5) is 4.39 Å².